The first-order chi connectivity index (χ1) is 8.61. The highest BCUT2D eigenvalue weighted by atomic mass is 32.1. The summed E-state index contributed by atoms with van der Waals surface area (Å²) < 4.78 is 32.9. The second-order valence-corrected chi connectivity index (χ2v) is 4.47. The summed E-state index contributed by atoms with van der Waals surface area (Å²) in [4.78, 5) is 15.2. The summed E-state index contributed by atoms with van der Waals surface area (Å²) in [5, 5.41) is 2.68. The van der Waals surface area contributed by atoms with Crippen LogP contribution >= 0.6 is 11.3 Å². The molecule has 0 bridgehead atoms. The van der Waals surface area contributed by atoms with Crippen LogP contribution in [0.15, 0.2) is 5.38 Å². The minimum absolute atomic E-state index is 0.230. The largest absolute Gasteiger partial charge is 0.469 e. The van der Waals surface area contributed by atoms with Crippen LogP contribution in [0.25, 0.3) is 0 Å². The highest BCUT2D eigenvalue weighted by Gasteiger charge is 2.07. The average Bonchev–Trinajstić information content (AvgIpc) is 2.79. The molecule has 0 spiro atoms. The molecule has 0 aliphatic heterocycles. The molecule has 102 valence electrons. The molecular formula is C11H15F2NO3S. The molecule has 0 saturated heterocycles. The minimum Gasteiger partial charge on any atom is -0.469 e. The number of nitrogens with zero attached hydrogens (tertiary/aromatic N) is 1. The first kappa shape index (κ1) is 15.0. The molecule has 0 N–H and O–H groups in total. The number of halogens is 2. The van der Waals surface area contributed by atoms with Crippen molar-refractivity contribution < 1.29 is 23.0 Å². The van der Waals surface area contributed by atoms with Gasteiger partial charge in [-0.2, -0.15) is 0 Å². The fraction of sp³-hybridized carbons (Fsp3) is 0.636. The molecule has 1 aromatic heterocycles. The standard InChI is InChI=1S/C11H15F2NO3S/c1-16-11(15)3-2-8-7-18-10(14-8)4-5-17-6-9(12)13/h7,9H,2-6H2,1H3. The van der Waals surface area contributed by atoms with Crippen molar-refractivity contribution in [2.24, 2.45) is 0 Å². The fourth-order valence-electron chi connectivity index (χ4n) is 1.24. The van der Waals surface area contributed by atoms with E-state index >= 15 is 0 Å². The van der Waals surface area contributed by atoms with Crippen molar-refractivity contribution in [1.29, 1.82) is 0 Å². The second-order valence-electron chi connectivity index (χ2n) is 3.52. The summed E-state index contributed by atoms with van der Waals surface area (Å²) in [6.45, 7) is -0.311. The van der Waals surface area contributed by atoms with Gasteiger partial charge in [0.2, 0.25) is 0 Å². The predicted octanol–water partition coefficient (Wildman–Crippen LogP) is 2.07. The third-order valence-corrected chi connectivity index (χ3v) is 3.07. The number of thiazole rings is 1. The normalized spacial score (nSPS) is 10.9. The van der Waals surface area contributed by atoms with Crippen molar-refractivity contribution in [3.05, 3.63) is 16.1 Å². The van der Waals surface area contributed by atoms with E-state index in [1.165, 1.54) is 18.4 Å². The van der Waals surface area contributed by atoms with E-state index in [9.17, 15) is 13.6 Å². The Kier molecular flexibility index (Phi) is 6.74. The lowest BCUT2D eigenvalue weighted by atomic mass is 10.2. The number of aromatic nitrogens is 1. The predicted molar refractivity (Wildman–Crippen MR) is 63.0 cm³/mol. The molecule has 7 heteroatoms. The lowest BCUT2D eigenvalue weighted by Gasteiger charge is -2.00. The SMILES string of the molecule is COC(=O)CCc1csc(CCOCC(F)F)n1. The van der Waals surface area contributed by atoms with Gasteiger partial charge in [0, 0.05) is 18.2 Å². The number of rotatable bonds is 8. The van der Waals surface area contributed by atoms with Crippen molar-refractivity contribution >= 4 is 17.3 Å². The van der Waals surface area contributed by atoms with Crippen molar-refractivity contribution in [2.45, 2.75) is 25.7 Å². The van der Waals surface area contributed by atoms with E-state index in [1.54, 1.807) is 0 Å². The molecule has 0 aromatic carbocycles. The van der Waals surface area contributed by atoms with Gasteiger partial charge in [-0.05, 0) is 0 Å². The number of hydrogen-bond donors (Lipinski definition) is 0. The van der Waals surface area contributed by atoms with Gasteiger partial charge in [-0.1, -0.05) is 0 Å². The summed E-state index contributed by atoms with van der Waals surface area (Å²) in [7, 11) is 1.34. The Morgan fingerprint density at radius 2 is 2.28 bits per heavy atom. The zero-order valence-electron chi connectivity index (χ0n) is 10.0. The number of ether oxygens (including phenoxy) is 2. The summed E-state index contributed by atoms with van der Waals surface area (Å²) in [5.74, 6) is -0.273. The van der Waals surface area contributed by atoms with Crippen molar-refractivity contribution in [3.8, 4) is 0 Å². The number of hydrogen-bond acceptors (Lipinski definition) is 5. The van der Waals surface area contributed by atoms with Crippen molar-refractivity contribution in [2.75, 3.05) is 20.3 Å². The molecule has 0 fully saturated rings. The lowest BCUT2D eigenvalue weighted by Crippen LogP contribution is -2.07. The third kappa shape index (κ3) is 6.02. The zero-order chi connectivity index (χ0) is 13.4. The Balaban J connectivity index is 2.23. The van der Waals surface area contributed by atoms with Crippen LogP contribution in [0.1, 0.15) is 17.1 Å². The fourth-order valence-corrected chi connectivity index (χ4v) is 2.06. The number of methoxy groups -OCH3 is 1. The van der Waals surface area contributed by atoms with Gasteiger partial charge in [0.15, 0.2) is 0 Å². The Bertz CT molecular complexity index is 371. The maximum atomic E-state index is 11.8. The molecule has 0 aliphatic rings. The van der Waals surface area contributed by atoms with Crippen molar-refractivity contribution in [1.82, 2.24) is 4.98 Å². The number of carbonyl (C=O) groups is 1. The highest BCUT2D eigenvalue weighted by molar-refractivity contribution is 7.09. The summed E-state index contributed by atoms with van der Waals surface area (Å²) in [5.41, 5.74) is 0.814. The average molecular weight is 279 g/mol. The van der Waals surface area contributed by atoms with Gasteiger partial charge in [0.25, 0.3) is 6.43 Å². The van der Waals surface area contributed by atoms with Crippen molar-refractivity contribution in [3.63, 3.8) is 0 Å². The molecule has 0 aliphatic carbocycles. The van der Waals surface area contributed by atoms with Gasteiger partial charge in [0.1, 0.15) is 6.61 Å². The van der Waals surface area contributed by atoms with Crippen LogP contribution in [-0.2, 0) is 27.1 Å². The number of esters is 1. The Morgan fingerprint density at radius 3 is 2.94 bits per heavy atom. The van der Waals surface area contributed by atoms with Gasteiger partial charge in [-0.15, -0.1) is 11.3 Å². The third-order valence-electron chi connectivity index (χ3n) is 2.12. The molecule has 1 heterocycles. The van der Waals surface area contributed by atoms with Crippen LogP contribution in [-0.4, -0.2) is 37.7 Å². The van der Waals surface area contributed by atoms with Gasteiger partial charge < -0.3 is 9.47 Å². The first-order valence-corrected chi connectivity index (χ1v) is 6.35. The quantitative estimate of drug-likeness (QED) is 0.540. The Hall–Kier alpha value is -1.08. The van der Waals surface area contributed by atoms with E-state index in [2.05, 4.69) is 9.72 Å². The molecule has 4 nitrogen and oxygen atoms in total. The highest BCUT2D eigenvalue weighted by Crippen LogP contribution is 2.12. The molecule has 1 aromatic rings. The summed E-state index contributed by atoms with van der Waals surface area (Å²) >= 11 is 1.44. The van der Waals surface area contributed by atoms with E-state index in [1.807, 2.05) is 5.38 Å². The van der Waals surface area contributed by atoms with Gasteiger partial charge in [-0.25, -0.2) is 13.8 Å². The molecular weight excluding hydrogens is 264 g/mol. The molecule has 0 radical (unpaired) electrons. The van der Waals surface area contributed by atoms with Crippen LogP contribution in [0.2, 0.25) is 0 Å². The first-order valence-electron chi connectivity index (χ1n) is 5.47. The number of aryl methyl sites for hydroxylation is 1. The van der Waals surface area contributed by atoms with Crippen LogP contribution in [0.3, 0.4) is 0 Å². The second kappa shape index (κ2) is 8.10. The maximum absolute atomic E-state index is 11.8. The Labute approximate surface area is 108 Å². The molecule has 0 amide bonds. The molecule has 0 atom stereocenters. The van der Waals surface area contributed by atoms with Crippen LogP contribution < -0.4 is 0 Å². The zero-order valence-corrected chi connectivity index (χ0v) is 10.8. The Morgan fingerprint density at radius 1 is 1.50 bits per heavy atom. The molecule has 18 heavy (non-hydrogen) atoms. The van der Waals surface area contributed by atoms with E-state index in [4.69, 9.17) is 4.74 Å². The van der Waals surface area contributed by atoms with Crippen LogP contribution in [0.5, 0.6) is 0 Å². The van der Waals surface area contributed by atoms with Crippen LogP contribution in [0, 0.1) is 0 Å². The smallest absolute Gasteiger partial charge is 0.305 e. The molecule has 0 saturated carbocycles. The number of alkyl halides is 2. The lowest BCUT2D eigenvalue weighted by molar-refractivity contribution is -0.140. The van der Waals surface area contributed by atoms with Gasteiger partial charge >= 0.3 is 5.97 Å². The topological polar surface area (TPSA) is 48.4 Å². The monoisotopic (exact) mass is 279 g/mol. The van der Waals surface area contributed by atoms with E-state index < -0.39 is 13.0 Å². The van der Waals surface area contributed by atoms with E-state index in [-0.39, 0.29) is 12.6 Å². The van der Waals surface area contributed by atoms with Gasteiger partial charge in [-0.3, -0.25) is 4.79 Å². The summed E-state index contributed by atoms with van der Waals surface area (Å²) in [6, 6.07) is 0. The van der Waals surface area contributed by atoms with Crippen LogP contribution in [0.4, 0.5) is 8.78 Å². The maximum Gasteiger partial charge on any atom is 0.305 e. The number of carbonyl (C=O) groups excluding carboxylic acids is 1. The van der Waals surface area contributed by atoms with E-state index in [0.717, 1.165) is 10.7 Å². The summed E-state index contributed by atoms with van der Waals surface area (Å²) in [6.07, 6.45) is -1.10. The minimum atomic E-state index is -2.43. The van der Waals surface area contributed by atoms with E-state index in [0.29, 0.717) is 19.3 Å². The van der Waals surface area contributed by atoms with Gasteiger partial charge in [0.05, 0.1) is 30.8 Å². The molecule has 0 unspecified atom stereocenters. The molecule has 1 rings (SSSR count).